The molecule has 4 nitrogen and oxygen atoms in total. The number of methoxy groups -OCH3 is 1. The standard InChI is InChI=1S/C17H19BrN2O2/c1-3-22-17-15(18)9-14(10-16(17)21-2)12-20-19-11-13-7-5-4-6-8-13/h4-10,12,19H,3,11H2,1-2H3. The molecule has 0 amide bonds. The molecule has 2 aromatic rings. The van der Waals surface area contributed by atoms with Gasteiger partial charge in [-0.25, -0.2) is 0 Å². The second-order valence-electron chi connectivity index (χ2n) is 4.55. The van der Waals surface area contributed by atoms with Crippen LogP contribution in [0.15, 0.2) is 52.0 Å². The molecule has 0 heterocycles. The van der Waals surface area contributed by atoms with E-state index in [4.69, 9.17) is 9.47 Å². The van der Waals surface area contributed by atoms with Crippen LogP contribution in [0.1, 0.15) is 18.1 Å². The zero-order valence-electron chi connectivity index (χ0n) is 12.7. The van der Waals surface area contributed by atoms with Crippen molar-refractivity contribution in [1.29, 1.82) is 0 Å². The van der Waals surface area contributed by atoms with E-state index in [1.807, 2.05) is 37.3 Å². The van der Waals surface area contributed by atoms with Crippen molar-refractivity contribution in [2.24, 2.45) is 5.10 Å². The minimum atomic E-state index is 0.584. The highest BCUT2D eigenvalue weighted by Crippen LogP contribution is 2.36. The summed E-state index contributed by atoms with van der Waals surface area (Å²) < 4.78 is 11.8. The summed E-state index contributed by atoms with van der Waals surface area (Å²) in [4.78, 5) is 0. The molecule has 22 heavy (non-hydrogen) atoms. The lowest BCUT2D eigenvalue weighted by molar-refractivity contribution is 0.309. The molecule has 0 saturated carbocycles. The Morgan fingerprint density at radius 2 is 2.00 bits per heavy atom. The molecule has 116 valence electrons. The van der Waals surface area contributed by atoms with Gasteiger partial charge in [0.1, 0.15) is 0 Å². The third-order valence-electron chi connectivity index (χ3n) is 2.97. The first-order chi connectivity index (χ1) is 10.7. The van der Waals surface area contributed by atoms with E-state index in [-0.39, 0.29) is 0 Å². The number of halogens is 1. The molecule has 0 aromatic heterocycles. The van der Waals surface area contributed by atoms with Crippen molar-refractivity contribution in [3.8, 4) is 11.5 Å². The summed E-state index contributed by atoms with van der Waals surface area (Å²) in [7, 11) is 1.62. The van der Waals surface area contributed by atoms with Gasteiger partial charge in [0.05, 0.1) is 30.9 Å². The maximum absolute atomic E-state index is 5.57. The van der Waals surface area contributed by atoms with Crippen molar-refractivity contribution < 1.29 is 9.47 Å². The van der Waals surface area contributed by atoms with E-state index in [1.54, 1.807) is 13.3 Å². The van der Waals surface area contributed by atoms with Gasteiger partial charge in [-0.3, -0.25) is 0 Å². The van der Waals surface area contributed by atoms with Gasteiger partial charge in [0.15, 0.2) is 11.5 Å². The molecule has 0 radical (unpaired) electrons. The van der Waals surface area contributed by atoms with Crippen LogP contribution in [0, 0.1) is 0 Å². The number of hydrogen-bond acceptors (Lipinski definition) is 4. The molecule has 0 aliphatic carbocycles. The minimum absolute atomic E-state index is 0.584. The van der Waals surface area contributed by atoms with Crippen LogP contribution in [0.2, 0.25) is 0 Å². The number of hydrogen-bond donors (Lipinski definition) is 1. The molecular formula is C17H19BrN2O2. The fourth-order valence-corrected chi connectivity index (χ4v) is 2.53. The highest BCUT2D eigenvalue weighted by atomic mass is 79.9. The summed E-state index contributed by atoms with van der Waals surface area (Å²) in [5, 5.41) is 4.24. The summed E-state index contributed by atoms with van der Waals surface area (Å²) >= 11 is 3.50. The smallest absolute Gasteiger partial charge is 0.175 e. The molecule has 0 aliphatic heterocycles. The quantitative estimate of drug-likeness (QED) is 0.598. The molecule has 5 heteroatoms. The van der Waals surface area contributed by atoms with E-state index in [1.165, 1.54) is 5.56 Å². The van der Waals surface area contributed by atoms with Gasteiger partial charge >= 0.3 is 0 Å². The van der Waals surface area contributed by atoms with Crippen LogP contribution >= 0.6 is 15.9 Å². The van der Waals surface area contributed by atoms with Crippen LogP contribution < -0.4 is 14.9 Å². The number of rotatable bonds is 7. The van der Waals surface area contributed by atoms with Gasteiger partial charge in [-0.1, -0.05) is 30.3 Å². The largest absolute Gasteiger partial charge is 0.493 e. The van der Waals surface area contributed by atoms with Crippen molar-refractivity contribution in [3.05, 3.63) is 58.1 Å². The average molecular weight is 363 g/mol. The molecule has 1 N–H and O–H groups in total. The van der Waals surface area contributed by atoms with Gasteiger partial charge in [0, 0.05) is 0 Å². The highest BCUT2D eigenvalue weighted by molar-refractivity contribution is 9.10. The van der Waals surface area contributed by atoms with E-state index in [0.29, 0.717) is 24.7 Å². The summed E-state index contributed by atoms with van der Waals surface area (Å²) in [5.74, 6) is 1.39. The first-order valence-electron chi connectivity index (χ1n) is 7.04. The molecule has 0 unspecified atom stereocenters. The lowest BCUT2D eigenvalue weighted by Gasteiger charge is -2.12. The normalized spacial score (nSPS) is 10.7. The second kappa shape index (κ2) is 8.44. The Morgan fingerprint density at radius 1 is 1.23 bits per heavy atom. The number of benzene rings is 2. The minimum Gasteiger partial charge on any atom is -0.493 e. The van der Waals surface area contributed by atoms with Gasteiger partial charge in [0.25, 0.3) is 0 Å². The lowest BCUT2D eigenvalue weighted by atomic mass is 10.2. The van der Waals surface area contributed by atoms with E-state index >= 15 is 0 Å². The van der Waals surface area contributed by atoms with Gasteiger partial charge in [-0.2, -0.15) is 5.10 Å². The molecule has 0 aliphatic rings. The second-order valence-corrected chi connectivity index (χ2v) is 5.40. The van der Waals surface area contributed by atoms with Crippen LogP contribution in [0.5, 0.6) is 11.5 Å². The summed E-state index contributed by atoms with van der Waals surface area (Å²) in [6.07, 6.45) is 1.76. The Balaban J connectivity index is 2.03. The van der Waals surface area contributed by atoms with Crippen molar-refractivity contribution >= 4 is 22.1 Å². The molecule has 0 bridgehead atoms. The van der Waals surface area contributed by atoms with Crippen molar-refractivity contribution in [2.45, 2.75) is 13.5 Å². The molecule has 0 saturated heterocycles. The van der Waals surface area contributed by atoms with Crippen LogP contribution in [0.3, 0.4) is 0 Å². The van der Waals surface area contributed by atoms with Crippen molar-refractivity contribution in [2.75, 3.05) is 13.7 Å². The van der Waals surface area contributed by atoms with Crippen LogP contribution in [0.4, 0.5) is 0 Å². The predicted octanol–water partition coefficient (Wildman–Crippen LogP) is 3.98. The Bertz CT molecular complexity index is 630. The zero-order chi connectivity index (χ0) is 15.8. The number of hydrazone groups is 1. The molecule has 2 aromatic carbocycles. The third-order valence-corrected chi connectivity index (χ3v) is 3.56. The molecule has 0 atom stereocenters. The topological polar surface area (TPSA) is 42.8 Å². The summed E-state index contributed by atoms with van der Waals surface area (Å²) in [6.45, 7) is 3.21. The summed E-state index contributed by atoms with van der Waals surface area (Å²) in [5.41, 5.74) is 5.14. The molecule has 0 fully saturated rings. The maximum Gasteiger partial charge on any atom is 0.175 e. The average Bonchev–Trinajstić information content (AvgIpc) is 2.55. The highest BCUT2D eigenvalue weighted by Gasteiger charge is 2.10. The van der Waals surface area contributed by atoms with E-state index < -0.39 is 0 Å². The van der Waals surface area contributed by atoms with Crippen molar-refractivity contribution in [1.82, 2.24) is 5.43 Å². The Labute approximate surface area is 139 Å². The Morgan fingerprint density at radius 3 is 2.68 bits per heavy atom. The van der Waals surface area contributed by atoms with E-state index in [0.717, 1.165) is 10.0 Å². The monoisotopic (exact) mass is 362 g/mol. The molecule has 2 rings (SSSR count). The predicted molar refractivity (Wildman–Crippen MR) is 92.7 cm³/mol. The fraction of sp³-hybridized carbons (Fsp3) is 0.235. The van der Waals surface area contributed by atoms with Gasteiger partial charge in [-0.05, 0) is 46.1 Å². The van der Waals surface area contributed by atoms with E-state index in [2.05, 4.69) is 38.6 Å². The van der Waals surface area contributed by atoms with Gasteiger partial charge in [-0.15, -0.1) is 0 Å². The van der Waals surface area contributed by atoms with E-state index in [9.17, 15) is 0 Å². The van der Waals surface area contributed by atoms with Crippen LogP contribution in [-0.4, -0.2) is 19.9 Å². The number of ether oxygens (including phenoxy) is 2. The molecular weight excluding hydrogens is 344 g/mol. The number of nitrogens with zero attached hydrogens (tertiary/aromatic N) is 1. The SMILES string of the molecule is CCOc1c(Br)cc(C=NNCc2ccccc2)cc1OC. The third kappa shape index (κ3) is 4.49. The lowest BCUT2D eigenvalue weighted by Crippen LogP contribution is -2.05. The first-order valence-corrected chi connectivity index (χ1v) is 7.84. The summed E-state index contributed by atoms with van der Waals surface area (Å²) in [6, 6.07) is 14.0. The van der Waals surface area contributed by atoms with Crippen LogP contribution in [-0.2, 0) is 6.54 Å². The molecule has 0 spiro atoms. The maximum atomic E-state index is 5.57. The fourth-order valence-electron chi connectivity index (χ4n) is 1.95. The van der Waals surface area contributed by atoms with Crippen LogP contribution in [0.25, 0.3) is 0 Å². The van der Waals surface area contributed by atoms with Gasteiger partial charge < -0.3 is 14.9 Å². The Kier molecular flexibility index (Phi) is 6.27. The van der Waals surface area contributed by atoms with Crippen molar-refractivity contribution in [3.63, 3.8) is 0 Å². The zero-order valence-corrected chi connectivity index (χ0v) is 14.3. The number of nitrogens with one attached hydrogen (secondary N) is 1. The van der Waals surface area contributed by atoms with Gasteiger partial charge in [0.2, 0.25) is 0 Å². The first kappa shape index (κ1) is 16.4. The Hall–Kier alpha value is -2.01.